The van der Waals surface area contributed by atoms with E-state index in [1.165, 1.54) is 42.1 Å². The molecule has 0 aliphatic heterocycles. The van der Waals surface area contributed by atoms with Gasteiger partial charge in [-0.25, -0.2) is 13.4 Å². The lowest BCUT2D eigenvalue weighted by Crippen LogP contribution is -2.25. The van der Waals surface area contributed by atoms with Crippen LogP contribution in [0, 0.1) is 18.3 Å². The number of thioether (sulfide) groups is 1. The van der Waals surface area contributed by atoms with Crippen LogP contribution in [0.3, 0.4) is 0 Å². The first-order valence-electron chi connectivity index (χ1n) is 11.3. The first kappa shape index (κ1) is 24.8. The summed E-state index contributed by atoms with van der Waals surface area (Å²) in [5, 5.41) is 16.2. The molecule has 0 radical (unpaired) electrons. The summed E-state index contributed by atoms with van der Waals surface area (Å²) in [4.78, 5) is 17.7. The Kier molecular flexibility index (Phi) is 7.42. The molecule has 0 saturated carbocycles. The van der Waals surface area contributed by atoms with Crippen LogP contribution in [0.1, 0.15) is 48.8 Å². The summed E-state index contributed by atoms with van der Waals surface area (Å²) in [7, 11) is -3.85. The Morgan fingerprint density at radius 2 is 1.97 bits per heavy atom. The fourth-order valence-corrected chi connectivity index (χ4v) is 5.77. The number of nitrogens with zero attached hydrogens (tertiary/aromatic N) is 3. The predicted octanol–water partition coefficient (Wildman–Crippen LogP) is 4.44. The number of benzene rings is 1. The highest BCUT2D eigenvalue weighted by molar-refractivity contribution is 8.00. The number of pyridine rings is 1. The second-order valence-electron chi connectivity index (χ2n) is 8.22. The van der Waals surface area contributed by atoms with Crippen LogP contribution in [0.4, 0.5) is 11.5 Å². The van der Waals surface area contributed by atoms with Crippen LogP contribution in [0.5, 0.6) is 0 Å². The van der Waals surface area contributed by atoms with Gasteiger partial charge in [0.15, 0.2) is 5.82 Å². The number of aryl methyl sites for hydroxylation is 3. The summed E-state index contributed by atoms with van der Waals surface area (Å²) >= 11 is 1.28. The molecule has 1 amide bonds. The van der Waals surface area contributed by atoms with E-state index in [-0.39, 0.29) is 16.6 Å². The molecular weight excluding hydrogens is 486 g/mol. The highest BCUT2D eigenvalue weighted by Gasteiger charge is 2.23. The van der Waals surface area contributed by atoms with E-state index in [1.807, 2.05) is 13.0 Å². The average Bonchev–Trinajstić information content (AvgIpc) is 3.25. The third-order valence-electron chi connectivity index (χ3n) is 5.60. The van der Waals surface area contributed by atoms with Gasteiger partial charge in [0.25, 0.3) is 10.0 Å². The highest BCUT2D eigenvalue weighted by Crippen LogP contribution is 2.31. The summed E-state index contributed by atoms with van der Waals surface area (Å²) in [6.45, 7) is 3.56. The van der Waals surface area contributed by atoms with Crippen molar-refractivity contribution in [1.82, 2.24) is 10.1 Å². The Bertz CT molecular complexity index is 1380. The average molecular weight is 512 g/mol. The molecule has 0 fully saturated rings. The number of carbonyl (C=O) groups is 1. The van der Waals surface area contributed by atoms with Crippen molar-refractivity contribution in [3.63, 3.8) is 0 Å². The van der Waals surface area contributed by atoms with Crippen molar-refractivity contribution in [2.24, 2.45) is 0 Å². The van der Waals surface area contributed by atoms with Gasteiger partial charge in [0.1, 0.15) is 16.9 Å². The molecule has 0 bridgehead atoms. The Balaban J connectivity index is 1.44. The zero-order valence-corrected chi connectivity index (χ0v) is 21.0. The second-order valence-corrected chi connectivity index (χ2v) is 11.1. The van der Waals surface area contributed by atoms with E-state index in [2.05, 4.69) is 21.3 Å². The van der Waals surface area contributed by atoms with E-state index in [4.69, 9.17) is 9.51 Å². The summed E-state index contributed by atoms with van der Waals surface area (Å²) in [5.74, 6) is 0.333. The third-order valence-corrected chi connectivity index (χ3v) is 8.34. The number of carbonyl (C=O) groups excluding carboxylic acids is 1. The lowest BCUT2D eigenvalue weighted by atomic mass is 9.95. The maximum atomic E-state index is 13.0. The van der Waals surface area contributed by atoms with Crippen LogP contribution >= 0.6 is 11.8 Å². The van der Waals surface area contributed by atoms with Crippen molar-refractivity contribution < 1.29 is 17.7 Å². The molecule has 1 aromatic carbocycles. The van der Waals surface area contributed by atoms with Crippen molar-refractivity contribution in [3.05, 3.63) is 59.0 Å². The quantitative estimate of drug-likeness (QED) is 0.423. The van der Waals surface area contributed by atoms with Crippen molar-refractivity contribution in [1.29, 1.82) is 5.26 Å². The summed E-state index contributed by atoms with van der Waals surface area (Å²) in [6.07, 6.45) is 4.53. The number of aromatic nitrogens is 2. The van der Waals surface area contributed by atoms with E-state index >= 15 is 0 Å². The van der Waals surface area contributed by atoms with E-state index in [9.17, 15) is 18.5 Å². The minimum atomic E-state index is -3.85. The van der Waals surface area contributed by atoms with Gasteiger partial charge < -0.3 is 9.84 Å². The van der Waals surface area contributed by atoms with Crippen molar-refractivity contribution in [2.45, 2.75) is 61.1 Å². The Morgan fingerprint density at radius 3 is 2.63 bits per heavy atom. The lowest BCUT2D eigenvalue weighted by molar-refractivity contribution is -0.115. The molecule has 1 aliphatic carbocycles. The molecule has 182 valence electrons. The van der Waals surface area contributed by atoms with Gasteiger partial charge in [0.2, 0.25) is 5.91 Å². The van der Waals surface area contributed by atoms with Gasteiger partial charge in [-0.05, 0) is 74.9 Å². The second kappa shape index (κ2) is 10.5. The third kappa shape index (κ3) is 5.83. The van der Waals surface area contributed by atoms with Crippen molar-refractivity contribution in [3.8, 4) is 6.07 Å². The minimum absolute atomic E-state index is 0.0227. The Hall–Kier alpha value is -3.36. The Morgan fingerprint density at radius 1 is 1.23 bits per heavy atom. The number of nitriles is 1. The Labute approximate surface area is 208 Å². The smallest absolute Gasteiger partial charge is 0.263 e. The number of amides is 1. The van der Waals surface area contributed by atoms with Crippen LogP contribution in [0.25, 0.3) is 0 Å². The van der Waals surface area contributed by atoms with Gasteiger partial charge in [-0.15, -0.1) is 0 Å². The van der Waals surface area contributed by atoms with E-state index in [0.717, 1.165) is 36.9 Å². The molecule has 3 aromatic rings. The molecule has 1 aliphatic rings. The predicted molar refractivity (Wildman–Crippen MR) is 133 cm³/mol. The summed E-state index contributed by atoms with van der Waals surface area (Å²) in [5.41, 5.74) is 3.09. The van der Waals surface area contributed by atoms with Gasteiger partial charge in [-0.3, -0.25) is 9.52 Å². The topological polar surface area (TPSA) is 138 Å². The number of fused-ring (bicyclic) bond motifs is 1. The molecule has 0 spiro atoms. The molecule has 0 saturated heterocycles. The number of rotatable bonds is 8. The van der Waals surface area contributed by atoms with Crippen LogP contribution in [-0.2, 0) is 27.7 Å². The molecule has 35 heavy (non-hydrogen) atoms. The number of anilines is 2. The molecular formula is C24H25N5O4S2. The molecule has 9 nitrogen and oxygen atoms in total. The van der Waals surface area contributed by atoms with Crippen LogP contribution in [-0.4, -0.2) is 29.7 Å². The van der Waals surface area contributed by atoms with E-state index in [1.54, 1.807) is 6.92 Å². The molecule has 1 atom stereocenters. The zero-order valence-electron chi connectivity index (χ0n) is 19.4. The van der Waals surface area contributed by atoms with E-state index < -0.39 is 15.3 Å². The van der Waals surface area contributed by atoms with Crippen molar-refractivity contribution in [2.75, 3.05) is 10.0 Å². The molecule has 2 aromatic heterocycles. The highest BCUT2D eigenvalue weighted by atomic mass is 32.2. The SMILES string of the molecule is CCC(Sc1nc2c(cc1C#N)CCCC2)C(=O)Nc1ccc(S(=O)(=O)Nc2cc(C)on2)cc1. The van der Waals surface area contributed by atoms with E-state index in [0.29, 0.717) is 28.5 Å². The molecule has 11 heteroatoms. The van der Waals surface area contributed by atoms with Gasteiger partial charge in [-0.1, -0.05) is 23.8 Å². The van der Waals surface area contributed by atoms with Crippen LogP contribution in [0.2, 0.25) is 0 Å². The molecule has 4 rings (SSSR count). The molecule has 2 N–H and O–H groups in total. The monoisotopic (exact) mass is 511 g/mol. The lowest BCUT2D eigenvalue weighted by Gasteiger charge is -2.19. The summed E-state index contributed by atoms with van der Waals surface area (Å²) < 4.78 is 32.3. The van der Waals surface area contributed by atoms with Crippen LogP contribution in [0.15, 0.2) is 50.8 Å². The molecule has 1 unspecified atom stereocenters. The largest absolute Gasteiger partial charge is 0.360 e. The number of sulfonamides is 1. The first-order valence-corrected chi connectivity index (χ1v) is 13.6. The zero-order chi connectivity index (χ0) is 25.0. The van der Waals surface area contributed by atoms with Crippen LogP contribution < -0.4 is 10.0 Å². The number of nitrogens with one attached hydrogen (secondary N) is 2. The maximum absolute atomic E-state index is 13.0. The van der Waals surface area contributed by atoms with Crippen molar-refractivity contribution >= 4 is 39.2 Å². The number of hydrogen-bond acceptors (Lipinski definition) is 8. The fourth-order valence-electron chi connectivity index (χ4n) is 3.79. The minimum Gasteiger partial charge on any atom is -0.360 e. The fraction of sp³-hybridized carbons (Fsp3) is 0.333. The molecule has 2 heterocycles. The standard InChI is InChI=1S/C24H25N5O4S2/c1-3-21(34-24-17(14-25)13-16-6-4-5-7-20(16)27-24)23(30)26-18-8-10-19(11-9-18)35(31,32)29-22-12-15(2)33-28-22/h8-13,21H,3-7H2,1-2H3,(H,26,30)(H,28,29). The van der Waals surface area contributed by atoms with Gasteiger partial charge in [-0.2, -0.15) is 5.26 Å². The number of hydrogen-bond donors (Lipinski definition) is 2. The normalized spacial score (nSPS) is 14.0. The summed E-state index contributed by atoms with van der Waals surface area (Å²) in [6, 6.07) is 11.4. The van der Waals surface area contributed by atoms with Gasteiger partial charge >= 0.3 is 0 Å². The van der Waals surface area contributed by atoms with Gasteiger partial charge in [0.05, 0.1) is 15.7 Å². The first-order chi connectivity index (χ1) is 16.8. The van der Waals surface area contributed by atoms with Gasteiger partial charge in [0, 0.05) is 17.4 Å². The maximum Gasteiger partial charge on any atom is 0.263 e.